The molecule has 0 atom stereocenters. The molecule has 3 aromatic rings. The van der Waals surface area contributed by atoms with Gasteiger partial charge in [0.2, 0.25) is 5.91 Å². The molecular weight excluding hydrogens is 609 g/mol. The van der Waals surface area contributed by atoms with E-state index in [-0.39, 0.29) is 18.1 Å². The lowest BCUT2D eigenvalue weighted by molar-refractivity contribution is -0.127. The van der Waals surface area contributed by atoms with Crippen molar-refractivity contribution in [1.29, 1.82) is 0 Å². The second-order valence-electron chi connectivity index (χ2n) is 8.13. The Morgan fingerprint density at radius 3 is 2.38 bits per heavy atom. The van der Waals surface area contributed by atoms with E-state index in [1.807, 2.05) is 19.1 Å². The van der Waals surface area contributed by atoms with Crippen LogP contribution in [0, 0.1) is 5.82 Å². The fourth-order valence-electron chi connectivity index (χ4n) is 3.73. The molecule has 4 rings (SSSR count). The number of amides is 4. The van der Waals surface area contributed by atoms with E-state index >= 15 is 0 Å². The molecule has 0 aromatic heterocycles. The number of aryl methyl sites for hydroxylation is 1. The summed E-state index contributed by atoms with van der Waals surface area (Å²) in [4.78, 5) is 38.7. The molecule has 10 heteroatoms. The third-order valence-corrected chi connectivity index (χ3v) is 6.78. The van der Waals surface area contributed by atoms with Crippen LogP contribution in [0.4, 0.5) is 14.9 Å². The second kappa shape index (κ2) is 11.7. The molecule has 1 aliphatic heterocycles. The highest BCUT2D eigenvalue weighted by molar-refractivity contribution is 9.11. The lowest BCUT2D eigenvalue weighted by Crippen LogP contribution is -2.38. The summed E-state index contributed by atoms with van der Waals surface area (Å²) in [5.74, 6) is -0.999. The summed E-state index contributed by atoms with van der Waals surface area (Å²) in [5.41, 5.74) is 2.62. The molecule has 1 heterocycles. The quantitative estimate of drug-likeness (QED) is 0.235. The van der Waals surface area contributed by atoms with E-state index in [9.17, 15) is 18.8 Å². The van der Waals surface area contributed by atoms with Crippen LogP contribution in [0.3, 0.4) is 0 Å². The monoisotopic (exact) mass is 629 g/mol. The summed E-state index contributed by atoms with van der Waals surface area (Å²) in [7, 11) is 0. The Labute approximate surface area is 229 Å². The van der Waals surface area contributed by atoms with Gasteiger partial charge in [-0.25, -0.2) is 14.1 Å². The molecule has 0 saturated carbocycles. The van der Waals surface area contributed by atoms with Gasteiger partial charge in [-0.3, -0.25) is 9.59 Å². The van der Waals surface area contributed by atoms with Crippen LogP contribution in [0.25, 0.3) is 6.08 Å². The molecule has 7 nitrogen and oxygen atoms in total. The second-order valence-corrected chi connectivity index (χ2v) is 9.84. The third-order valence-electron chi connectivity index (χ3n) is 5.60. The van der Waals surface area contributed by atoms with Gasteiger partial charge in [0.15, 0.2) is 0 Å². The van der Waals surface area contributed by atoms with E-state index in [2.05, 4.69) is 42.5 Å². The highest BCUT2D eigenvalue weighted by Crippen LogP contribution is 2.36. The minimum atomic E-state index is -0.682. The number of imide groups is 1. The Bertz CT molecular complexity index is 1390. The number of hydrogen-bond acceptors (Lipinski definition) is 4. The van der Waals surface area contributed by atoms with Crippen LogP contribution in [0.1, 0.15) is 23.6 Å². The number of nitrogens with one attached hydrogen (secondary N) is 2. The third kappa shape index (κ3) is 6.26. The van der Waals surface area contributed by atoms with Gasteiger partial charge in [-0.1, -0.05) is 43.3 Å². The van der Waals surface area contributed by atoms with Crippen LogP contribution in [-0.4, -0.2) is 29.3 Å². The molecule has 0 aliphatic carbocycles. The van der Waals surface area contributed by atoms with E-state index in [4.69, 9.17) is 4.74 Å². The number of benzene rings is 3. The predicted octanol–water partition coefficient (Wildman–Crippen LogP) is 6.02. The van der Waals surface area contributed by atoms with Gasteiger partial charge < -0.3 is 15.4 Å². The first kappa shape index (κ1) is 26.6. The predicted molar refractivity (Wildman–Crippen MR) is 145 cm³/mol. The first-order chi connectivity index (χ1) is 17.8. The topological polar surface area (TPSA) is 87.7 Å². The summed E-state index contributed by atoms with van der Waals surface area (Å²) in [5, 5.41) is 5.28. The summed E-state index contributed by atoms with van der Waals surface area (Å²) in [6.45, 7) is 1.58. The van der Waals surface area contributed by atoms with Crippen molar-refractivity contribution < 1.29 is 23.5 Å². The molecule has 4 amide bonds. The van der Waals surface area contributed by atoms with E-state index in [1.165, 1.54) is 12.1 Å². The number of para-hydroxylation sites is 1. The van der Waals surface area contributed by atoms with Crippen LogP contribution in [0.15, 0.2) is 75.3 Å². The lowest BCUT2D eigenvalue weighted by atomic mass is 10.1. The Morgan fingerprint density at radius 1 is 1.05 bits per heavy atom. The summed E-state index contributed by atoms with van der Waals surface area (Å²) in [6, 6.07) is 16.4. The zero-order chi connectivity index (χ0) is 26.5. The Morgan fingerprint density at radius 2 is 1.70 bits per heavy atom. The Hall–Kier alpha value is -3.50. The number of nitrogens with zero attached hydrogens (tertiary/aromatic N) is 1. The zero-order valence-corrected chi connectivity index (χ0v) is 22.9. The molecule has 190 valence electrons. The molecule has 0 radical (unpaired) electrons. The molecule has 1 fully saturated rings. The van der Waals surface area contributed by atoms with E-state index in [1.54, 1.807) is 42.5 Å². The fraction of sp³-hybridized carbons (Fsp3) is 0.148. The largest absolute Gasteiger partial charge is 0.486 e. The van der Waals surface area contributed by atoms with Crippen molar-refractivity contribution in [2.75, 3.05) is 11.9 Å². The Kier molecular flexibility index (Phi) is 8.40. The standard InChI is InChI=1S/C27H22Br2FN3O4/c1-2-17-7-4-6-10-22(17)31-24(34)14-33-26(35)23(32-27(33)36)13-16-11-19(28)25(20(29)12-16)37-15-18-8-3-5-9-21(18)30/h3-13H,2,14-15H2,1H3,(H,31,34)(H,32,36)/b23-13+. The number of urea groups is 1. The molecule has 2 N–H and O–H groups in total. The van der Waals surface area contributed by atoms with Gasteiger partial charge in [0, 0.05) is 11.3 Å². The van der Waals surface area contributed by atoms with E-state index in [0.29, 0.717) is 31.5 Å². The van der Waals surface area contributed by atoms with E-state index in [0.717, 1.165) is 16.9 Å². The number of hydrogen-bond donors (Lipinski definition) is 2. The number of ether oxygens (including phenoxy) is 1. The Balaban J connectivity index is 1.45. The van der Waals surface area contributed by atoms with Crippen LogP contribution in [0.2, 0.25) is 0 Å². The van der Waals surface area contributed by atoms with Gasteiger partial charge in [0.25, 0.3) is 5.91 Å². The molecule has 0 spiro atoms. The van der Waals surface area contributed by atoms with Gasteiger partial charge in [-0.05, 0) is 79.7 Å². The maximum absolute atomic E-state index is 13.9. The first-order valence-corrected chi connectivity index (χ1v) is 12.9. The molecule has 0 unspecified atom stereocenters. The van der Waals surface area contributed by atoms with Crippen molar-refractivity contribution in [3.05, 3.63) is 97.8 Å². The molecular formula is C27H22Br2FN3O4. The van der Waals surface area contributed by atoms with Gasteiger partial charge in [-0.2, -0.15) is 0 Å². The van der Waals surface area contributed by atoms with Crippen LogP contribution in [-0.2, 0) is 22.6 Å². The molecule has 37 heavy (non-hydrogen) atoms. The number of rotatable bonds is 8. The minimum Gasteiger partial charge on any atom is -0.486 e. The van der Waals surface area contributed by atoms with Gasteiger partial charge in [0.1, 0.15) is 30.4 Å². The summed E-state index contributed by atoms with van der Waals surface area (Å²) in [6.07, 6.45) is 2.23. The molecule has 0 bridgehead atoms. The SMILES string of the molecule is CCc1ccccc1NC(=O)CN1C(=O)N/C(=C/c2cc(Br)c(OCc3ccccc3F)c(Br)c2)C1=O. The summed E-state index contributed by atoms with van der Waals surface area (Å²) < 4.78 is 20.8. The smallest absolute Gasteiger partial charge is 0.329 e. The van der Waals surface area contributed by atoms with Gasteiger partial charge >= 0.3 is 6.03 Å². The lowest BCUT2D eigenvalue weighted by Gasteiger charge is -2.13. The van der Waals surface area contributed by atoms with Crippen molar-refractivity contribution in [3.8, 4) is 5.75 Å². The van der Waals surface area contributed by atoms with Crippen molar-refractivity contribution in [2.24, 2.45) is 0 Å². The van der Waals surface area contributed by atoms with E-state index < -0.39 is 24.4 Å². The minimum absolute atomic E-state index is 0.0264. The van der Waals surface area contributed by atoms with Crippen molar-refractivity contribution in [2.45, 2.75) is 20.0 Å². The molecule has 1 saturated heterocycles. The number of halogens is 3. The highest BCUT2D eigenvalue weighted by Gasteiger charge is 2.35. The average Bonchev–Trinajstić information content (AvgIpc) is 3.12. The van der Waals surface area contributed by atoms with Crippen LogP contribution in [0.5, 0.6) is 5.75 Å². The molecule has 1 aliphatic rings. The van der Waals surface area contributed by atoms with Crippen molar-refractivity contribution in [3.63, 3.8) is 0 Å². The maximum Gasteiger partial charge on any atom is 0.329 e. The maximum atomic E-state index is 13.9. The van der Waals surface area contributed by atoms with Gasteiger partial charge in [0.05, 0.1) is 8.95 Å². The highest BCUT2D eigenvalue weighted by atomic mass is 79.9. The van der Waals surface area contributed by atoms with Crippen LogP contribution >= 0.6 is 31.9 Å². The van der Waals surface area contributed by atoms with Crippen LogP contribution < -0.4 is 15.4 Å². The molecule has 3 aromatic carbocycles. The van der Waals surface area contributed by atoms with Crippen molar-refractivity contribution in [1.82, 2.24) is 10.2 Å². The normalized spacial score (nSPS) is 14.2. The van der Waals surface area contributed by atoms with Gasteiger partial charge in [-0.15, -0.1) is 0 Å². The summed E-state index contributed by atoms with van der Waals surface area (Å²) >= 11 is 6.88. The number of carbonyl (C=O) groups excluding carboxylic acids is 3. The van der Waals surface area contributed by atoms with Crippen molar-refractivity contribution >= 4 is 61.5 Å². The first-order valence-electron chi connectivity index (χ1n) is 11.3. The zero-order valence-electron chi connectivity index (χ0n) is 19.7. The number of anilines is 1. The average molecular weight is 631 g/mol. The number of carbonyl (C=O) groups is 3. The fourth-order valence-corrected chi connectivity index (χ4v) is 5.18.